The van der Waals surface area contributed by atoms with Gasteiger partial charge in [-0.25, -0.2) is 14.4 Å². The molecule has 18 heavy (non-hydrogen) atoms. The van der Waals surface area contributed by atoms with Gasteiger partial charge in [0.05, 0.1) is 12.2 Å². The molecule has 7 nitrogen and oxygen atoms in total. The zero-order valence-electron chi connectivity index (χ0n) is 9.46. The molecule has 0 aromatic carbocycles. The molecule has 98 valence electrons. The molecule has 7 heteroatoms. The number of hydrogen-bond donors (Lipinski definition) is 1. The van der Waals surface area contributed by atoms with Crippen molar-refractivity contribution in [2.75, 3.05) is 6.61 Å². The fourth-order valence-electron chi connectivity index (χ4n) is 0.593. The van der Waals surface area contributed by atoms with Crippen molar-refractivity contribution in [1.29, 1.82) is 0 Å². The lowest BCUT2D eigenvalue weighted by molar-refractivity contribution is -0.251. The van der Waals surface area contributed by atoms with E-state index in [-0.39, 0.29) is 5.57 Å². The number of hydrogen-bond acceptors (Lipinski definition) is 7. The predicted molar refractivity (Wildman–Crippen MR) is 58.7 cm³/mol. The van der Waals surface area contributed by atoms with Gasteiger partial charge in [-0.1, -0.05) is 19.7 Å². The molecule has 0 aliphatic carbocycles. The molecule has 1 N–H and O–H groups in total. The normalized spacial score (nSPS) is 9.22. The van der Waals surface area contributed by atoms with E-state index in [1.807, 2.05) is 0 Å². The standard InChI is InChI=1S/C11H12O7/c1-4-8(13)16-11(17-9(14)5-2)18-10(15)7(3)6-12/h4-5,11-12H,1-3,6H2. The number of carbonyl (C=O) groups is 3. The van der Waals surface area contributed by atoms with Crippen molar-refractivity contribution in [1.82, 2.24) is 0 Å². The van der Waals surface area contributed by atoms with Crippen molar-refractivity contribution >= 4 is 17.9 Å². The van der Waals surface area contributed by atoms with Gasteiger partial charge in [0, 0.05) is 12.2 Å². The number of ether oxygens (including phenoxy) is 3. The Hall–Kier alpha value is -2.41. The Balaban J connectivity index is 4.64. The number of esters is 3. The second-order valence-electron chi connectivity index (χ2n) is 2.74. The minimum atomic E-state index is -1.91. The first-order chi connectivity index (χ1) is 8.44. The van der Waals surface area contributed by atoms with Gasteiger partial charge in [-0.15, -0.1) is 0 Å². The first-order valence-electron chi connectivity index (χ1n) is 4.60. The Bertz CT molecular complexity index is 361. The lowest BCUT2D eigenvalue weighted by Crippen LogP contribution is -2.29. The molecule has 0 heterocycles. The molecule has 0 fully saturated rings. The van der Waals surface area contributed by atoms with Gasteiger partial charge in [0.25, 0.3) is 0 Å². The monoisotopic (exact) mass is 256 g/mol. The van der Waals surface area contributed by atoms with Crippen LogP contribution in [0.25, 0.3) is 0 Å². The van der Waals surface area contributed by atoms with Crippen LogP contribution in [0.2, 0.25) is 0 Å². The fraction of sp³-hybridized carbons (Fsp3) is 0.182. The maximum atomic E-state index is 11.2. The van der Waals surface area contributed by atoms with Crippen LogP contribution in [0.15, 0.2) is 37.5 Å². The zero-order chi connectivity index (χ0) is 14.1. The highest BCUT2D eigenvalue weighted by atomic mass is 16.9. The summed E-state index contributed by atoms with van der Waals surface area (Å²) in [4.78, 5) is 33.0. The Labute approximate surface area is 103 Å². The number of aliphatic hydroxyl groups is 1. The molecular formula is C11H12O7. The van der Waals surface area contributed by atoms with Gasteiger partial charge in [0.15, 0.2) is 0 Å². The van der Waals surface area contributed by atoms with Crippen LogP contribution < -0.4 is 0 Å². The maximum Gasteiger partial charge on any atom is 0.413 e. The Morgan fingerprint density at radius 1 is 1.06 bits per heavy atom. The summed E-state index contributed by atoms with van der Waals surface area (Å²) in [6.07, 6.45) is 1.56. The van der Waals surface area contributed by atoms with Crippen LogP contribution in [0.5, 0.6) is 0 Å². The van der Waals surface area contributed by atoms with E-state index in [4.69, 9.17) is 5.11 Å². The van der Waals surface area contributed by atoms with Crippen LogP contribution in [-0.4, -0.2) is 36.1 Å². The van der Waals surface area contributed by atoms with Gasteiger partial charge in [0.2, 0.25) is 0 Å². The van der Waals surface area contributed by atoms with Crippen LogP contribution in [0.3, 0.4) is 0 Å². The Morgan fingerprint density at radius 2 is 1.50 bits per heavy atom. The third-order valence-corrected chi connectivity index (χ3v) is 1.44. The topological polar surface area (TPSA) is 99.1 Å². The van der Waals surface area contributed by atoms with Gasteiger partial charge >= 0.3 is 24.4 Å². The number of rotatable bonds is 7. The van der Waals surface area contributed by atoms with E-state index in [0.717, 1.165) is 12.2 Å². The molecule has 0 radical (unpaired) electrons. The highest BCUT2D eigenvalue weighted by Crippen LogP contribution is 2.04. The molecule has 0 aromatic heterocycles. The lowest BCUT2D eigenvalue weighted by Gasteiger charge is -2.16. The van der Waals surface area contributed by atoms with Gasteiger partial charge < -0.3 is 19.3 Å². The van der Waals surface area contributed by atoms with E-state index < -0.39 is 31.0 Å². The van der Waals surface area contributed by atoms with E-state index in [1.54, 1.807) is 0 Å². The molecule has 0 rings (SSSR count). The lowest BCUT2D eigenvalue weighted by atomic mass is 10.3. The molecule has 0 saturated carbocycles. The van der Waals surface area contributed by atoms with Gasteiger partial charge in [-0.05, 0) is 0 Å². The average Bonchev–Trinajstić information content (AvgIpc) is 2.36. The van der Waals surface area contributed by atoms with Crippen molar-refractivity contribution in [3.63, 3.8) is 0 Å². The summed E-state index contributed by atoms with van der Waals surface area (Å²) in [5.74, 6) is -3.03. The summed E-state index contributed by atoms with van der Waals surface area (Å²) >= 11 is 0. The highest BCUT2D eigenvalue weighted by molar-refractivity contribution is 5.88. The molecule has 0 atom stereocenters. The van der Waals surface area contributed by atoms with Crippen molar-refractivity contribution in [2.45, 2.75) is 6.48 Å². The van der Waals surface area contributed by atoms with Crippen LogP contribution in [0.4, 0.5) is 0 Å². The van der Waals surface area contributed by atoms with E-state index in [0.29, 0.717) is 0 Å². The second-order valence-corrected chi connectivity index (χ2v) is 2.74. The molecule has 0 aliphatic rings. The van der Waals surface area contributed by atoms with E-state index in [1.165, 1.54) is 0 Å². The van der Waals surface area contributed by atoms with Crippen molar-refractivity contribution in [3.05, 3.63) is 37.5 Å². The van der Waals surface area contributed by atoms with Crippen molar-refractivity contribution < 1.29 is 33.7 Å². The summed E-state index contributed by atoms with van der Waals surface area (Å²) in [5, 5.41) is 8.63. The van der Waals surface area contributed by atoms with E-state index in [9.17, 15) is 14.4 Å². The summed E-state index contributed by atoms with van der Waals surface area (Å²) in [7, 11) is 0. The Kier molecular flexibility index (Phi) is 6.75. The van der Waals surface area contributed by atoms with Crippen LogP contribution >= 0.6 is 0 Å². The molecule has 0 amide bonds. The van der Waals surface area contributed by atoms with Crippen molar-refractivity contribution in [2.24, 2.45) is 0 Å². The summed E-state index contributed by atoms with van der Waals surface area (Å²) in [6, 6.07) is 0. The van der Waals surface area contributed by atoms with Gasteiger partial charge in [0.1, 0.15) is 0 Å². The maximum absolute atomic E-state index is 11.2. The molecular weight excluding hydrogens is 244 g/mol. The first kappa shape index (κ1) is 15.6. The summed E-state index contributed by atoms with van der Waals surface area (Å²) < 4.78 is 13.3. The average molecular weight is 256 g/mol. The summed E-state index contributed by atoms with van der Waals surface area (Å²) in [6.45, 7) is 6.84. The predicted octanol–water partition coefficient (Wildman–Crippen LogP) is -0.180. The molecule has 0 aromatic rings. The summed E-state index contributed by atoms with van der Waals surface area (Å²) in [5.41, 5.74) is -0.302. The number of aliphatic hydroxyl groups excluding tert-OH is 1. The quantitative estimate of drug-likeness (QED) is 0.383. The van der Waals surface area contributed by atoms with Crippen molar-refractivity contribution in [3.8, 4) is 0 Å². The Morgan fingerprint density at radius 3 is 1.83 bits per heavy atom. The zero-order valence-corrected chi connectivity index (χ0v) is 9.46. The molecule has 0 unspecified atom stereocenters. The first-order valence-corrected chi connectivity index (χ1v) is 4.60. The van der Waals surface area contributed by atoms with Gasteiger partial charge in [-0.2, -0.15) is 0 Å². The fourth-order valence-corrected chi connectivity index (χ4v) is 0.593. The third-order valence-electron chi connectivity index (χ3n) is 1.44. The molecule has 0 bridgehead atoms. The van der Waals surface area contributed by atoms with Gasteiger partial charge in [-0.3, -0.25) is 0 Å². The molecule has 0 aliphatic heterocycles. The minimum Gasteiger partial charge on any atom is -0.391 e. The second kappa shape index (κ2) is 7.80. The smallest absolute Gasteiger partial charge is 0.391 e. The van der Waals surface area contributed by atoms with Crippen LogP contribution in [-0.2, 0) is 28.6 Å². The van der Waals surface area contributed by atoms with Crippen LogP contribution in [0.1, 0.15) is 0 Å². The highest BCUT2D eigenvalue weighted by Gasteiger charge is 2.22. The third kappa shape index (κ3) is 5.61. The minimum absolute atomic E-state index is 0.302. The molecule has 0 spiro atoms. The molecule has 0 saturated heterocycles. The SMILES string of the molecule is C=CC(=O)OC(OC(=O)C=C)OC(=O)C(=C)CO. The van der Waals surface area contributed by atoms with Crippen LogP contribution in [0, 0.1) is 0 Å². The number of carbonyl (C=O) groups excluding carboxylic acids is 3. The van der Waals surface area contributed by atoms with E-state index >= 15 is 0 Å². The van der Waals surface area contributed by atoms with E-state index in [2.05, 4.69) is 33.9 Å². The largest absolute Gasteiger partial charge is 0.413 e.